The Hall–Kier alpha value is -2.61. The molecule has 0 spiro atoms. The van der Waals surface area contributed by atoms with Gasteiger partial charge in [-0.3, -0.25) is 0 Å². The second-order valence-corrected chi connectivity index (χ2v) is 10.1. The highest BCUT2D eigenvalue weighted by molar-refractivity contribution is 5.87. The van der Waals surface area contributed by atoms with Crippen LogP contribution in [0.1, 0.15) is 62.5 Å². The molecule has 0 bridgehead atoms. The lowest BCUT2D eigenvalue weighted by Gasteiger charge is -2.31. The van der Waals surface area contributed by atoms with E-state index >= 15 is 0 Å². The van der Waals surface area contributed by atoms with Crippen molar-refractivity contribution in [2.45, 2.75) is 64.7 Å². The van der Waals surface area contributed by atoms with Crippen LogP contribution in [0.3, 0.4) is 0 Å². The van der Waals surface area contributed by atoms with Crippen LogP contribution < -0.4 is 5.32 Å². The largest absolute Gasteiger partial charge is 0.463 e. The van der Waals surface area contributed by atoms with Crippen molar-refractivity contribution in [3.05, 3.63) is 76.4 Å². The minimum Gasteiger partial charge on any atom is -0.463 e. The summed E-state index contributed by atoms with van der Waals surface area (Å²) in [5.74, 6) is -1.61. The van der Waals surface area contributed by atoms with Crippen LogP contribution in [-0.4, -0.2) is 42.5 Å². The standard InChI is InChI=1S/C29H37F2NO4/c1-5-35-28(34)11-10-25-26(14-23(30)15-27(25)31)19(2)36-18-24(33)17-32-29(3,4)16-20-12-21-8-6-7-9-22(21)13-20/h6-11,14-15,19-20,24,32-33H,5,12-13,16-18H2,1-4H3/t19-,24-/m1/s1. The van der Waals surface area contributed by atoms with Crippen molar-refractivity contribution in [1.82, 2.24) is 5.32 Å². The number of nitrogens with one attached hydrogen (secondary N) is 1. The lowest BCUT2D eigenvalue weighted by atomic mass is 9.88. The molecular weight excluding hydrogens is 464 g/mol. The summed E-state index contributed by atoms with van der Waals surface area (Å²) in [4.78, 5) is 11.6. The van der Waals surface area contributed by atoms with Gasteiger partial charge in [0.25, 0.3) is 0 Å². The fourth-order valence-corrected chi connectivity index (χ4v) is 4.84. The van der Waals surface area contributed by atoms with Crippen LogP contribution in [0.2, 0.25) is 0 Å². The summed E-state index contributed by atoms with van der Waals surface area (Å²) in [6.45, 7) is 8.08. The molecule has 2 N–H and O–H groups in total. The van der Waals surface area contributed by atoms with Gasteiger partial charge in [-0.25, -0.2) is 13.6 Å². The molecule has 0 unspecified atom stereocenters. The highest BCUT2D eigenvalue weighted by Gasteiger charge is 2.28. The minimum absolute atomic E-state index is 0.0156. The molecular formula is C29H37F2NO4. The number of aliphatic hydroxyl groups excluding tert-OH is 1. The number of aliphatic hydroxyl groups is 1. The first-order chi connectivity index (χ1) is 17.1. The Morgan fingerprint density at radius 3 is 2.53 bits per heavy atom. The maximum absolute atomic E-state index is 14.5. The number of hydrogen-bond acceptors (Lipinski definition) is 5. The molecule has 5 nitrogen and oxygen atoms in total. The van der Waals surface area contributed by atoms with E-state index in [1.807, 2.05) is 0 Å². The Morgan fingerprint density at radius 1 is 1.22 bits per heavy atom. The van der Waals surface area contributed by atoms with Crippen LogP contribution >= 0.6 is 0 Å². The van der Waals surface area contributed by atoms with Gasteiger partial charge in [0.2, 0.25) is 0 Å². The van der Waals surface area contributed by atoms with Gasteiger partial charge in [-0.15, -0.1) is 0 Å². The van der Waals surface area contributed by atoms with Crippen molar-refractivity contribution in [3.8, 4) is 0 Å². The molecule has 0 fully saturated rings. The van der Waals surface area contributed by atoms with Gasteiger partial charge in [-0.2, -0.15) is 0 Å². The van der Waals surface area contributed by atoms with Crippen molar-refractivity contribution < 1.29 is 28.2 Å². The van der Waals surface area contributed by atoms with Crippen LogP contribution in [0, 0.1) is 17.6 Å². The minimum atomic E-state index is -0.806. The summed E-state index contributed by atoms with van der Waals surface area (Å²) in [5, 5.41) is 14.0. The third kappa shape index (κ3) is 7.95. The lowest BCUT2D eigenvalue weighted by Crippen LogP contribution is -2.45. The van der Waals surface area contributed by atoms with Crippen molar-refractivity contribution >= 4 is 12.0 Å². The molecule has 2 aromatic carbocycles. The normalized spacial score (nSPS) is 15.8. The number of β-amino-alcohol motifs (C(OH)–C–C–N with tert-alkyl or cyclic N) is 1. The maximum atomic E-state index is 14.5. The number of esters is 1. The lowest BCUT2D eigenvalue weighted by molar-refractivity contribution is -0.137. The molecule has 36 heavy (non-hydrogen) atoms. The first kappa shape index (κ1) is 28.0. The maximum Gasteiger partial charge on any atom is 0.330 e. The van der Waals surface area contributed by atoms with Crippen molar-refractivity contribution in [2.75, 3.05) is 19.8 Å². The highest BCUT2D eigenvalue weighted by atomic mass is 19.1. The van der Waals surface area contributed by atoms with Crippen LogP contribution in [-0.2, 0) is 27.1 Å². The van der Waals surface area contributed by atoms with E-state index in [9.17, 15) is 18.7 Å². The van der Waals surface area contributed by atoms with Crippen molar-refractivity contribution in [2.24, 2.45) is 5.92 Å². The molecule has 0 aliphatic heterocycles. The summed E-state index contributed by atoms with van der Waals surface area (Å²) in [5.41, 5.74) is 2.96. The van der Waals surface area contributed by atoms with E-state index in [4.69, 9.17) is 9.47 Å². The fourth-order valence-electron chi connectivity index (χ4n) is 4.84. The second-order valence-electron chi connectivity index (χ2n) is 10.1. The molecule has 196 valence electrons. The average Bonchev–Trinajstić information content (AvgIpc) is 3.22. The molecule has 7 heteroatoms. The zero-order valence-corrected chi connectivity index (χ0v) is 21.5. The molecule has 2 aromatic rings. The smallest absolute Gasteiger partial charge is 0.330 e. The Bertz CT molecular complexity index is 1040. The van der Waals surface area contributed by atoms with Gasteiger partial charge in [0.05, 0.1) is 25.4 Å². The quantitative estimate of drug-likeness (QED) is 0.311. The van der Waals surface area contributed by atoms with Crippen LogP contribution in [0.15, 0.2) is 42.5 Å². The molecule has 0 amide bonds. The molecule has 0 radical (unpaired) electrons. The van der Waals surface area contributed by atoms with Crippen molar-refractivity contribution in [1.29, 1.82) is 0 Å². The van der Waals surface area contributed by atoms with Gasteiger partial charge in [-0.05, 0) is 81.7 Å². The number of hydrogen-bond donors (Lipinski definition) is 2. The number of benzene rings is 2. The van der Waals surface area contributed by atoms with E-state index in [2.05, 4.69) is 43.4 Å². The summed E-state index contributed by atoms with van der Waals surface area (Å²) >= 11 is 0. The SMILES string of the molecule is CCOC(=O)C=Cc1c(F)cc(F)cc1[C@@H](C)OC[C@H](O)CNC(C)(C)CC1Cc2ccccc2C1. The van der Waals surface area contributed by atoms with Gasteiger partial charge >= 0.3 is 5.97 Å². The molecule has 1 aliphatic carbocycles. The van der Waals surface area contributed by atoms with Gasteiger partial charge in [0.1, 0.15) is 11.6 Å². The second kappa shape index (κ2) is 12.6. The van der Waals surface area contributed by atoms with Crippen LogP contribution in [0.5, 0.6) is 0 Å². The van der Waals surface area contributed by atoms with E-state index in [-0.39, 0.29) is 29.9 Å². The average molecular weight is 502 g/mol. The third-order valence-electron chi connectivity index (χ3n) is 6.53. The predicted molar refractivity (Wildman–Crippen MR) is 136 cm³/mol. The fraction of sp³-hybridized carbons (Fsp3) is 0.483. The molecule has 0 heterocycles. The zero-order chi connectivity index (χ0) is 26.3. The first-order valence-corrected chi connectivity index (χ1v) is 12.5. The van der Waals surface area contributed by atoms with Gasteiger partial charge in [0, 0.05) is 29.8 Å². The molecule has 0 aromatic heterocycles. The number of halogens is 2. The molecule has 2 atom stereocenters. The summed E-state index contributed by atoms with van der Waals surface area (Å²) in [6.07, 6.45) is 3.96. The Kier molecular flexibility index (Phi) is 9.77. The first-order valence-electron chi connectivity index (χ1n) is 12.5. The monoisotopic (exact) mass is 501 g/mol. The van der Waals surface area contributed by atoms with E-state index in [0.29, 0.717) is 12.5 Å². The Morgan fingerprint density at radius 2 is 1.89 bits per heavy atom. The predicted octanol–water partition coefficient (Wildman–Crippen LogP) is 5.15. The van der Waals surface area contributed by atoms with Crippen LogP contribution in [0.25, 0.3) is 6.08 Å². The molecule has 3 rings (SSSR count). The number of ether oxygens (including phenoxy) is 2. The third-order valence-corrected chi connectivity index (χ3v) is 6.53. The Balaban J connectivity index is 1.52. The number of carbonyl (C=O) groups excluding carboxylic acids is 1. The summed E-state index contributed by atoms with van der Waals surface area (Å²) in [7, 11) is 0. The Labute approximate surface area is 212 Å². The van der Waals surface area contributed by atoms with E-state index < -0.39 is 29.8 Å². The van der Waals surface area contributed by atoms with Gasteiger partial charge in [-0.1, -0.05) is 24.3 Å². The highest BCUT2D eigenvalue weighted by Crippen LogP contribution is 2.32. The van der Waals surface area contributed by atoms with E-state index in [0.717, 1.165) is 31.4 Å². The van der Waals surface area contributed by atoms with E-state index in [1.54, 1.807) is 13.8 Å². The topological polar surface area (TPSA) is 67.8 Å². The zero-order valence-electron chi connectivity index (χ0n) is 21.5. The van der Waals surface area contributed by atoms with Crippen LogP contribution in [0.4, 0.5) is 8.78 Å². The van der Waals surface area contributed by atoms with Crippen molar-refractivity contribution in [3.63, 3.8) is 0 Å². The molecule has 1 aliphatic rings. The number of rotatable bonds is 12. The number of carbonyl (C=O) groups is 1. The molecule has 0 saturated carbocycles. The van der Waals surface area contributed by atoms with Gasteiger partial charge < -0.3 is 19.9 Å². The van der Waals surface area contributed by atoms with Gasteiger partial charge in [0.15, 0.2) is 0 Å². The molecule has 0 saturated heterocycles. The number of fused-ring (bicyclic) bond motifs is 1. The summed E-state index contributed by atoms with van der Waals surface area (Å²) < 4.78 is 39.0. The summed E-state index contributed by atoms with van der Waals surface area (Å²) in [6, 6.07) is 10.5. The van der Waals surface area contributed by atoms with E-state index in [1.165, 1.54) is 23.3 Å².